The second-order valence-corrected chi connectivity index (χ2v) is 2.70. The third-order valence-electron chi connectivity index (χ3n) is 1.43. The van der Waals surface area contributed by atoms with Gasteiger partial charge in [0, 0.05) is 5.69 Å². The lowest BCUT2D eigenvalue weighted by Crippen LogP contribution is -2.19. The Bertz CT molecular complexity index is 276. The minimum Gasteiger partial charge on any atom is -0.260 e. The monoisotopic (exact) mass is 208 g/mol. The van der Waals surface area contributed by atoms with Gasteiger partial charge in [0.1, 0.15) is 6.54 Å². The predicted octanol–water partition coefficient (Wildman–Crippen LogP) is 3.09. The van der Waals surface area contributed by atoms with E-state index in [2.05, 4.69) is 5.10 Å². The molecular formula is C9H15F3N2. The number of alkyl halides is 3. The van der Waals surface area contributed by atoms with E-state index in [1.54, 1.807) is 19.9 Å². The minimum absolute atomic E-state index is 0.532. The quantitative estimate of drug-likeness (QED) is 0.693. The number of aromatic nitrogens is 2. The fourth-order valence-electron chi connectivity index (χ4n) is 1.00. The van der Waals surface area contributed by atoms with Crippen molar-refractivity contribution in [2.75, 3.05) is 0 Å². The van der Waals surface area contributed by atoms with Crippen LogP contribution < -0.4 is 0 Å². The number of hydrogen-bond acceptors (Lipinski definition) is 1. The highest BCUT2D eigenvalue weighted by atomic mass is 19.4. The van der Waals surface area contributed by atoms with E-state index in [0.717, 1.165) is 4.68 Å². The van der Waals surface area contributed by atoms with Gasteiger partial charge in [0.05, 0.1) is 5.69 Å². The van der Waals surface area contributed by atoms with Crippen LogP contribution in [0.25, 0.3) is 0 Å². The molecule has 0 fully saturated rings. The van der Waals surface area contributed by atoms with Crippen molar-refractivity contribution in [1.82, 2.24) is 9.78 Å². The lowest BCUT2D eigenvalue weighted by Gasteiger charge is -2.07. The Kier molecular flexibility index (Phi) is 4.67. The Morgan fingerprint density at radius 3 is 2.07 bits per heavy atom. The maximum Gasteiger partial charge on any atom is 0.408 e. The van der Waals surface area contributed by atoms with Crippen molar-refractivity contribution >= 4 is 0 Å². The highest BCUT2D eigenvalue weighted by Gasteiger charge is 2.28. The highest BCUT2D eigenvalue weighted by molar-refractivity contribution is 5.06. The topological polar surface area (TPSA) is 17.8 Å². The van der Waals surface area contributed by atoms with Crippen molar-refractivity contribution in [1.29, 1.82) is 0 Å². The van der Waals surface area contributed by atoms with Gasteiger partial charge in [-0.05, 0) is 19.9 Å². The van der Waals surface area contributed by atoms with Crippen LogP contribution in [0.4, 0.5) is 13.2 Å². The first-order valence-corrected chi connectivity index (χ1v) is 4.46. The summed E-state index contributed by atoms with van der Waals surface area (Å²) < 4.78 is 36.6. The molecule has 0 aliphatic carbocycles. The molecule has 0 aliphatic rings. The van der Waals surface area contributed by atoms with Gasteiger partial charge in [0.2, 0.25) is 0 Å². The van der Waals surface area contributed by atoms with Gasteiger partial charge in [0.25, 0.3) is 0 Å². The largest absolute Gasteiger partial charge is 0.408 e. The molecule has 1 aromatic rings. The first kappa shape index (κ1) is 13.0. The van der Waals surface area contributed by atoms with Crippen LogP contribution in [-0.4, -0.2) is 16.0 Å². The third-order valence-corrected chi connectivity index (χ3v) is 1.43. The lowest BCUT2D eigenvalue weighted by atomic mass is 10.4. The van der Waals surface area contributed by atoms with Crippen LogP contribution in [0.1, 0.15) is 25.2 Å². The summed E-state index contributed by atoms with van der Waals surface area (Å²) in [7, 11) is 0. The Hall–Kier alpha value is -1.00. The fourth-order valence-corrected chi connectivity index (χ4v) is 1.00. The van der Waals surface area contributed by atoms with Crippen molar-refractivity contribution in [3.05, 3.63) is 17.5 Å². The van der Waals surface area contributed by atoms with E-state index in [1.807, 2.05) is 13.8 Å². The molecule has 0 atom stereocenters. The molecule has 14 heavy (non-hydrogen) atoms. The standard InChI is InChI=1S/C7H9F3N2.C2H6/c1-5-3-6(2)12(11-5)4-7(8,9)10;1-2/h3H,4H2,1-2H3;1-2H3. The van der Waals surface area contributed by atoms with E-state index in [4.69, 9.17) is 0 Å². The summed E-state index contributed by atoms with van der Waals surface area (Å²) in [5, 5.41) is 3.69. The van der Waals surface area contributed by atoms with Crippen molar-refractivity contribution < 1.29 is 13.2 Å². The van der Waals surface area contributed by atoms with Gasteiger partial charge in [0.15, 0.2) is 0 Å². The van der Waals surface area contributed by atoms with E-state index in [-0.39, 0.29) is 0 Å². The molecule has 0 amide bonds. The average Bonchev–Trinajstić information content (AvgIpc) is 2.31. The molecule has 0 radical (unpaired) electrons. The maximum atomic E-state index is 11.9. The molecule has 0 aliphatic heterocycles. The Labute approximate surface area is 81.7 Å². The van der Waals surface area contributed by atoms with Gasteiger partial charge in [-0.3, -0.25) is 4.68 Å². The first-order chi connectivity index (χ1) is 6.38. The highest BCUT2D eigenvalue weighted by Crippen LogP contribution is 2.18. The minimum atomic E-state index is -4.19. The van der Waals surface area contributed by atoms with Crippen LogP contribution in [-0.2, 0) is 6.54 Å². The maximum absolute atomic E-state index is 11.9. The summed E-state index contributed by atoms with van der Waals surface area (Å²) in [5.41, 5.74) is 1.14. The molecular weight excluding hydrogens is 193 g/mol. The van der Waals surface area contributed by atoms with Crippen molar-refractivity contribution in [3.63, 3.8) is 0 Å². The summed E-state index contributed by atoms with van der Waals surface area (Å²) in [6, 6.07) is 1.62. The van der Waals surface area contributed by atoms with Gasteiger partial charge in [-0.25, -0.2) is 0 Å². The molecule has 1 heterocycles. The molecule has 0 saturated heterocycles. The second-order valence-electron chi connectivity index (χ2n) is 2.70. The van der Waals surface area contributed by atoms with Gasteiger partial charge in [-0.2, -0.15) is 18.3 Å². The van der Waals surface area contributed by atoms with Gasteiger partial charge in [-0.1, -0.05) is 13.8 Å². The molecule has 0 saturated carbocycles. The lowest BCUT2D eigenvalue weighted by molar-refractivity contribution is -0.142. The van der Waals surface area contributed by atoms with E-state index < -0.39 is 12.7 Å². The van der Waals surface area contributed by atoms with Crippen LogP contribution in [0.3, 0.4) is 0 Å². The predicted molar refractivity (Wildman–Crippen MR) is 49.1 cm³/mol. The molecule has 0 unspecified atom stereocenters. The number of rotatable bonds is 1. The number of nitrogens with zero attached hydrogens (tertiary/aromatic N) is 2. The smallest absolute Gasteiger partial charge is 0.260 e. The number of aryl methyl sites for hydroxylation is 2. The average molecular weight is 208 g/mol. The van der Waals surface area contributed by atoms with E-state index in [9.17, 15) is 13.2 Å². The molecule has 1 rings (SSSR count). The molecule has 5 heteroatoms. The van der Waals surface area contributed by atoms with Gasteiger partial charge >= 0.3 is 6.18 Å². The third kappa shape index (κ3) is 4.30. The zero-order valence-electron chi connectivity index (χ0n) is 8.81. The summed E-state index contributed by atoms with van der Waals surface area (Å²) in [6.45, 7) is 6.26. The summed E-state index contributed by atoms with van der Waals surface area (Å²) in [6.07, 6.45) is -4.19. The number of halogens is 3. The summed E-state index contributed by atoms with van der Waals surface area (Å²) in [5.74, 6) is 0. The molecule has 0 bridgehead atoms. The fraction of sp³-hybridized carbons (Fsp3) is 0.667. The molecule has 0 aromatic carbocycles. The van der Waals surface area contributed by atoms with Gasteiger partial charge in [-0.15, -0.1) is 0 Å². The van der Waals surface area contributed by atoms with Crippen LogP contribution in [0.5, 0.6) is 0 Å². The normalized spacial score (nSPS) is 10.8. The molecule has 0 N–H and O–H groups in total. The SMILES string of the molecule is CC.Cc1cc(C)n(CC(F)(F)F)n1. The van der Waals surface area contributed by atoms with Crippen molar-refractivity contribution in [2.24, 2.45) is 0 Å². The second kappa shape index (κ2) is 5.02. The van der Waals surface area contributed by atoms with Crippen LogP contribution in [0, 0.1) is 13.8 Å². The van der Waals surface area contributed by atoms with Crippen LogP contribution in [0.15, 0.2) is 6.07 Å². The van der Waals surface area contributed by atoms with Crippen LogP contribution in [0.2, 0.25) is 0 Å². The molecule has 82 valence electrons. The number of hydrogen-bond donors (Lipinski definition) is 0. The zero-order valence-corrected chi connectivity index (χ0v) is 8.81. The first-order valence-electron chi connectivity index (χ1n) is 4.46. The van der Waals surface area contributed by atoms with Crippen molar-refractivity contribution in [3.8, 4) is 0 Å². The van der Waals surface area contributed by atoms with E-state index in [0.29, 0.717) is 11.4 Å². The summed E-state index contributed by atoms with van der Waals surface area (Å²) >= 11 is 0. The molecule has 0 spiro atoms. The Balaban J connectivity index is 0.000000791. The van der Waals surface area contributed by atoms with E-state index >= 15 is 0 Å². The summed E-state index contributed by atoms with van der Waals surface area (Å²) in [4.78, 5) is 0. The Morgan fingerprint density at radius 2 is 1.79 bits per heavy atom. The van der Waals surface area contributed by atoms with Crippen molar-refractivity contribution in [2.45, 2.75) is 40.4 Å². The van der Waals surface area contributed by atoms with E-state index in [1.165, 1.54) is 0 Å². The van der Waals surface area contributed by atoms with Gasteiger partial charge < -0.3 is 0 Å². The molecule has 2 nitrogen and oxygen atoms in total. The zero-order chi connectivity index (χ0) is 11.4. The Morgan fingerprint density at radius 1 is 1.29 bits per heavy atom. The van der Waals surface area contributed by atoms with Crippen LogP contribution >= 0.6 is 0 Å². The molecule has 1 aromatic heterocycles.